The van der Waals surface area contributed by atoms with E-state index in [0.29, 0.717) is 6.10 Å². The summed E-state index contributed by atoms with van der Waals surface area (Å²) in [7, 11) is 0. The van der Waals surface area contributed by atoms with E-state index in [1.54, 1.807) is 0 Å². The van der Waals surface area contributed by atoms with Crippen molar-refractivity contribution in [2.45, 2.75) is 25.9 Å². The summed E-state index contributed by atoms with van der Waals surface area (Å²) in [6, 6.07) is 14.5. The molecule has 1 aliphatic heterocycles. The summed E-state index contributed by atoms with van der Waals surface area (Å²) in [5.41, 5.74) is 1.98. The van der Waals surface area contributed by atoms with Crippen LogP contribution >= 0.6 is 0 Å². The van der Waals surface area contributed by atoms with Gasteiger partial charge in [-0.25, -0.2) is 0 Å². The molecule has 21 heavy (non-hydrogen) atoms. The van der Waals surface area contributed by atoms with E-state index in [1.807, 2.05) is 24.3 Å². The topological polar surface area (TPSA) is 36.3 Å². The van der Waals surface area contributed by atoms with Gasteiger partial charge in [-0.1, -0.05) is 24.3 Å². The van der Waals surface area contributed by atoms with Gasteiger partial charge < -0.3 is 9.64 Å². The zero-order valence-corrected chi connectivity index (χ0v) is 12.4. The zero-order valence-electron chi connectivity index (χ0n) is 12.4. The number of hydrogen-bond acceptors (Lipinski definition) is 3. The van der Waals surface area contributed by atoms with E-state index in [-0.39, 0.29) is 0 Å². The Labute approximate surface area is 125 Å². The van der Waals surface area contributed by atoms with Crippen LogP contribution in [0.5, 0.6) is 0 Å². The van der Waals surface area contributed by atoms with Gasteiger partial charge in [-0.2, -0.15) is 5.26 Å². The summed E-state index contributed by atoms with van der Waals surface area (Å²) in [4.78, 5) is 2.42. The van der Waals surface area contributed by atoms with Crippen LogP contribution in [0, 0.1) is 11.3 Å². The molecular weight excluding hydrogens is 260 g/mol. The lowest BCUT2D eigenvalue weighted by atomic mass is 10.0. The first-order valence-corrected chi connectivity index (χ1v) is 7.62. The number of rotatable bonds is 3. The fourth-order valence-corrected chi connectivity index (χ4v) is 3.16. The highest BCUT2D eigenvalue weighted by atomic mass is 16.5. The molecule has 1 fully saturated rings. The second-order valence-corrected chi connectivity index (χ2v) is 5.43. The van der Waals surface area contributed by atoms with Crippen LogP contribution < -0.4 is 4.90 Å². The number of anilines is 1. The van der Waals surface area contributed by atoms with E-state index < -0.39 is 0 Å². The third-order valence-electron chi connectivity index (χ3n) is 4.21. The van der Waals surface area contributed by atoms with Gasteiger partial charge in [0.05, 0.1) is 17.7 Å². The largest absolute Gasteiger partial charge is 0.378 e. The van der Waals surface area contributed by atoms with Gasteiger partial charge in [-0.3, -0.25) is 0 Å². The van der Waals surface area contributed by atoms with E-state index in [2.05, 4.69) is 30.0 Å². The van der Waals surface area contributed by atoms with Gasteiger partial charge in [0.25, 0.3) is 0 Å². The highest BCUT2D eigenvalue weighted by molar-refractivity contribution is 5.97. The maximum atomic E-state index is 9.25. The molecule has 3 nitrogen and oxygen atoms in total. The lowest BCUT2D eigenvalue weighted by Crippen LogP contribution is -2.37. The van der Waals surface area contributed by atoms with Crippen LogP contribution in [0.3, 0.4) is 0 Å². The Morgan fingerprint density at radius 3 is 2.52 bits per heavy atom. The average Bonchev–Trinajstić information content (AvgIpc) is 2.55. The van der Waals surface area contributed by atoms with Crippen molar-refractivity contribution in [3.63, 3.8) is 0 Å². The van der Waals surface area contributed by atoms with Crippen molar-refractivity contribution in [2.24, 2.45) is 0 Å². The van der Waals surface area contributed by atoms with E-state index >= 15 is 0 Å². The number of benzene rings is 2. The van der Waals surface area contributed by atoms with E-state index in [9.17, 15) is 5.26 Å². The van der Waals surface area contributed by atoms with Gasteiger partial charge >= 0.3 is 0 Å². The minimum Gasteiger partial charge on any atom is -0.378 e. The van der Waals surface area contributed by atoms with Crippen molar-refractivity contribution < 1.29 is 4.74 Å². The Balaban J connectivity index is 1.90. The van der Waals surface area contributed by atoms with E-state index in [0.717, 1.165) is 43.5 Å². The van der Waals surface area contributed by atoms with Crippen molar-refractivity contribution in [1.29, 1.82) is 5.26 Å². The van der Waals surface area contributed by atoms with Gasteiger partial charge in [0.15, 0.2) is 0 Å². The molecule has 2 aromatic carbocycles. The SMILES string of the molecule is CCOC1CCN(c2ccc(C#N)c3ccccc23)CC1. The molecule has 1 heterocycles. The summed E-state index contributed by atoms with van der Waals surface area (Å²) in [5, 5.41) is 11.5. The minimum atomic E-state index is 0.399. The predicted octanol–water partition coefficient (Wildman–Crippen LogP) is 3.72. The highest BCUT2D eigenvalue weighted by Crippen LogP contribution is 2.31. The number of hydrogen-bond donors (Lipinski definition) is 0. The van der Waals surface area contributed by atoms with Crippen LogP contribution in [0.25, 0.3) is 10.8 Å². The summed E-state index contributed by atoms with van der Waals surface area (Å²) in [5.74, 6) is 0. The van der Waals surface area contributed by atoms with Crippen molar-refractivity contribution in [3.8, 4) is 6.07 Å². The van der Waals surface area contributed by atoms with Crippen molar-refractivity contribution >= 4 is 16.5 Å². The molecule has 1 saturated heterocycles. The van der Waals surface area contributed by atoms with Crippen LogP contribution in [0.1, 0.15) is 25.3 Å². The lowest BCUT2D eigenvalue weighted by molar-refractivity contribution is 0.0459. The van der Waals surface area contributed by atoms with Crippen LogP contribution in [-0.4, -0.2) is 25.8 Å². The van der Waals surface area contributed by atoms with Crippen LogP contribution in [0.15, 0.2) is 36.4 Å². The standard InChI is InChI=1S/C18H20N2O/c1-2-21-15-9-11-20(12-10-15)18-8-7-14(13-19)16-5-3-4-6-17(16)18/h3-8,15H,2,9-12H2,1H3. The first-order valence-electron chi connectivity index (χ1n) is 7.62. The normalized spacial score (nSPS) is 16.1. The molecule has 0 aliphatic carbocycles. The number of nitriles is 1. The Kier molecular flexibility index (Phi) is 4.08. The molecule has 108 valence electrons. The number of fused-ring (bicyclic) bond motifs is 1. The molecule has 0 spiro atoms. The molecule has 0 bridgehead atoms. The Hall–Kier alpha value is -2.05. The average molecular weight is 280 g/mol. The molecule has 0 N–H and O–H groups in total. The van der Waals surface area contributed by atoms with Crippen molar-refractivity contribution in [3.05, 3.63) is 42.0 Å². The fourth-order valence-electron chi connectivity index (χ4n) is 3.16. The fraction of sp³-hybridized carbons (Fsp3) is 0.389. The first-order chi connectivity index (χ1) is 10.3. The molecule has 0 unspecified atom stereocenters. The van der Waals surface area contributed by atoms with Gasteiger partial charge in [0.2, 0.25) is 0 Å². The Morgan fingerprint density at radius 1 is 1.14 bits per heavy atom. The monoisotopic (exact) mass is 280 g/mol. The first kappa shape index (κ1) is 13.9. The maximum Gasteiger partial charge on any atom is 0.0998 e. The summed E-state index contributed by atoms with van der Waals surface area (Å²) in [6.45, 7) is 4.88. The smallest absolute Gasteiger partial charge is 0.0998 e. The van der Waals surface area contributed by atoms with Crippen LogP contribution in [-0.2, 0) is 4.74 Å². The Morgan fingerprint density at radius 2 is 1.86 bits per heavy atom. The van der Waals surface area contributed by atoms with Crippen LogP contribution in [0.2, 0.25) is 0 Å². The molecule has 2 aromatic rings. The van der Waals surface area contributed by atoms with Crippen molar-refractivity contribution in [2.75, 3.05) is 24.6 Å². The summed E-state index contributed by atoms with van der Waals surface area (Å²) >= 11 is 0. The van der Waals surface area contributed by atoms with Gasteiger partial charge in [0, 0.05) is 36.2 Å². The number of piperidine rings is 1. The Bertz CT molecular complexity index is 666. The highest BCUT2D eigenvalue weighted by Gasteiger charge is 2.21. The molecular formula is C18H20N2O. The number of nitrogens with zero attached hydrogens (tertiary/aromatic N) is 2. The summed E-state index contributed by atoms with van der Waals surface area (Å²) in [6.07, 6.45) is 2.54. The molecule has 3 rings (SSSR count). The molecule has 0 atom stereocenters. The molecule has 0 aromatic heterocycles. The van der Waals surface area contributed by atoms with Crippen molar-refractivity contribution in [1.82, 2.24) is 0 Å². The molecule has 0 amide bonds. The van der Waals surface area contributed by atoms with E-state index in [1.165, 1.54) is 11.1 Å². The third kappa shape index (κ3) is 2.72. The second kappa shape index (κ2) is 6.15. The third-order valence-corrected chi connectivity index (χ3v) is 4.21. The molecule has 0 saturated carbocycles. The van der Waals surface area contributed by atoms with E-state index in [4.69, 9.17) is 4.74 Å². The van der Waals surface area contributed by atoms with Crippen LogP contribution in [0.4, 0.5) is 5.69 Å². The lowest BCUT2D eigenvalue weighted by Gasteiger charge is -2.34. The second-order valence-electron chi connectivity index (χ2n) is 5.43. The quantitative estimate of drug-likeness (QED) is 0.859. The van der Waals surface area contributed by atoms with Gasteiger partial charge in [-0.15, -0.1) is 0 Å². The van der Waals surface area contributed by atoms with Gasteiger partial charge in [-0.05, 0) is 31.9 Å². The number of ether oxygens (including phenoxy) is 1. The maximum absolute atomic E-state index is 9.25. The molecule has 3 heteroatoms. The van der Waals surface area contributed by atoms with Gasteiger partial charge in [0.1, 0.15) is 0 Å². The minimum absolute atomic E-state index is 0.399. The predicted molar refractivity (Wildman–Crippen MR) is 85.5 cm³/mol. The molecule has 1 aliphatic rings. The molecule has 0 radical (unpaired) electrons. The zero-order chi connectivity index (χ0) is 14.7. The summed E-state index contributed by atoms with van der Waals surface area (Å²) < 4.78 is 5.72.